The van der Waals surface area contributed by atoms with Crippen molar-refractivity contribution < 1.29 is 4.79 Å². The molecule has 0 bridgehead atoms. The number of rotatable bonds is 2. The van der Waals surface area contributed by atoms with Gasteiger partial charge in [0, 0.05) is 32.1 Å². The minimum Gasteiger partial charge on any atom is -0.356 e. The van der Waals surface area contributed by atoms with Crippen LogP contribution in [0.3, 0.4) is 0 Å². The first-order valence-electron chi connectivity index (χ1n) is 9.96. The Morgan fingerprint density at radius 3 is 2.54 bits per heavy atom. The first-order chi connectivity index (χ1) is 12.5. The molecule has 2 saturated heterocycles. The van der Waals surface area contributed by atoms with Gasteiger partial charge in [-0.1, -0.05) is 0 Å². The smallest absolute Gasteiger partial charge is 0.226 e. The number of hydrogen-bond acceptors (Lipinski definition) is 4. The summed E-state index contributed by atoms with van der Waals surface area (Å²) in [4.78, 5) is 21.8. The van der Waals surface area contributed by atoms with Crippen LogP contribution in [0, 0.1) is 35.0 Å². The van der Waals surface area contributed by atoms with Crippen molar-refractivity contribution in [3.63, 3.8) is 0 Å². The highest BCUT2D eigenvalue weighted by atomic mass is 16.2. The Kier molecular flexibility index (Phi) is 3.38. The van der Waals surface area contributed by atoms with Crippen LogP contribution in [0.15, 0.2) is 12.1 Å². The number of piperidine rings is 1. The summed E-state index contributed by atoms with van der Waals surface area (Å²) in [5.74, 6) is 1.80. The summed E-state index contributed by atoms with van der Waals surface area (Å²) in [6.07, 6.45) is 7.14. The summed E-state index contributed by atoms with van der Waals surface area (Å²) < 4.78 is 0. The Morgan fingerprint density at radius 2 is 1.92 bits per heavy atom. The van der Waals surface area contributed by atoms with E-state index in [0.717, 1.165) is 57.0 Å². The van der Waals surface area contributed by atoms with Gasteiger partial charge >= 0.3 is 0 Å². The van der Waals surface area contributed by atoms with Crippen molar-refractivity contribution in [1.29, 1.82) is 5.26 Å². The van der Waals surface area contributed by atoms with E-state index in [0.29, 0.717) is 28.2 Å². The molecule has 4 fully saturated rings. The molecule has 3 heterocycles. The minimum absolute atomic E-state index is 0.334. The van der Waals surface area contributed by atoms with E-state index in [1.54, 1.807) is 0 Å². The van der Waals surface area contributed by atoms with E-state index in [1.807, 2.05) is 19.1 Å². The fourth-order valence-electron chi connectivity index (χ4n) is 5.21. The Morgan fingerprint density at radius 1 is 1.19 bits per heavy atom. The molecule has 136 valence electrons. The zero-order chi connectivity index (χ0) is 17.9. The van der Waals surface area contributed by atoms with Crippen LogP contribution in [0.2, 0.25) is 0 Å². The van der Waals surface area contributed by atoms with Crippen LogP contribution in [0.5, 0.6) is 0 Å². The van der Waals surface area contributed by atoms with Crippen molar-refractivity contribution in [1.82, 2.24) is 9.88 Å². The zero-order valence-electron chi connectivity index (χ0n) is 15.5. The minimum atomic E-state index is 0.334. The summed E-state index contributed by atoms with van der Waals surface area (Å²) in [5.41, 5.74) is 2.27. The average molecular weight is 350 g/mol. The maximum atomic E-state index is 12.7. The lowest BCUT2D eigenvalue weighted by atomic mass is 9.77. The third-order valence-electron chi connectivity index (χ3n) is 7.47. The van der Waals surface area contributed by atoms with Crippen molar-refractivity contribution in [3.8, 4) is 6.07 Å². The SMILES string of the molecule is Cc1nc(N2CCC3(CCN(C(=O)C4CC45CC5)CC3)C2)ccc1C#N. The predicted octanol–water partition coefficient (Wildman–Crippen LogP) is 2.88. The molecule has 2 aliphatic heterocycles. The number of aromatic nitrogens is 1. The molecule has 1 unspecified atom stereocenters. The molecule has 1 aromatic heterocycles. The van der Waals surface area contributed by atoms with E-state index in [1.165, 1.54) is 19.3 Å². The van der Waals surface area contributed by atoms with E-state index in [2.05, 4.69) is 20.9 Å². The van der Waals surface area contributed by atoms with Gasteiger partial charge in [0.1, 0.15) is 11.9 Å². The van der Waals surface area contributed by atoms with Crippen LogP contribution in [0.25, 0.3) is 0 Å². The van der Waals surface area contributed by atoms with E-state index < -0.39 is 0 Å². The van der Waals surface area contributed by atoms with Gasteiger partial charge in [0.25, 0.3) is 0 Å². The lowest BCUT2D eigenvalue weighted by molar-refractivity contribution is -0.135. The molecule has 5 nitrogen and oxygen atoms in total. The van der Waals surface area contributed by atoms with Crippen molar-refractivity contribution in [3.05, 3.63) is 23.4 Å². The summed E-state index contributed by atoms with van der Waals surface area (Å²) in [7, 11) is 0. The summed E-state index contributed by atoms with van der Waals surface area (Å²) in [6.45, 7) is 5.82. The molecule has 5 rings (SSSR count). The second-order valence-electron chi connectivity index (χ2n) is 9.03. The summed E-state index contributed by atoms with van der Waals surface area (Å²) in [5, 5.41) is 9.09. The highest BCUT2D eigenvalue weighted by Crippen LogP contribution is 2.71. The third-order valence-corrected chi connectivity index (χ3v) is 7.47. The van der Waals surface area contributed by atoms with E-state index >= 15 is 0 Å². The number of pyridine rings is 1. The molecule has 2 spiro atoms. The van der Waals surface area contributed by atoms with Crippen LogP contribution in [-0.4, -0.2) is 42.0 Å². The van der Waals surface area contributed by atoms with Crippen molar-refractivity contribution in [2.45, 2.75) is 45.4 Å². The van der Waals surface area contributed by atoms with Gasteiger partial charge in [0.2, 0.25) is 5.91 Å². The number of amides is 1. The topological polar surface area (TPSA) is 60.2 Å². The van der Waals surface area contributed by atoms with E-state index in [4.69, 9.17) is 5.26 Å². The Hall–Kier alpha value is -2.09. The molecule has 2 aliphatic carbocycles. The van der Waals surface area contributed by atoms with Gasteiger partial charge in [0.15, 0.2) is 0 Å². The highest BCUT2D eigenvalue weighted by Gasteiger charge is 2.66. The Labute approximate surface area is 155 Å². The molecule has 1 aromatic rings. The number of likely N-dealkylation sites (tertiary alicyclic amines) is 1. The molecule has 1 amide bonds. The molecule has 4 aliphatic rings. The second kappa shape index (κ2) is 5.45. The largest absolute Gasteiger partial charge is 0.356 e. The molecule has 0 N–H and O–H groups in total. The summed E-state index contributed by atoms with van der Waals surface area (Å²) >= 11 is 0. The van der Waals surface area contributed by atoms with Crippen LogP contribution in [-0.2, 0) is 4.79 Å². The van der Waals surface area contributed by atoms with Crippen molar-refractivity contribution in [2.24, 2.45) is 16.7 Å². The van der Waals surface area contributed by atoms with Crippen LogP contribution < -0.4 is 4.90 Å². The average Bonchev–Trinajstić information content (AvgIpc) is 3.55. The molecule has 0 radical (unpaired) electrons. The van der Waals surface area contributed by atoms with Crippen LogP contribution in [0.4, 0.5) is 5.82 Å². The Balaban J connectivity index is 1.21. The molecule has 5 heteroatoms. The number of nitrogens with zero attached hydrogens (tertiary/aromatic N) is 4. The van der Waals surface area contributed by atoms with Gasteiger partial charge in [-0.2, -0.15) is 5.26 Å². The number of hydrogen-bond donors (Lipinski definition) is 0. The maximum Gasteiger partial charge on any atom is 0.226 e. The third kappa shape index (κ3) is 2.50. The van der Waals surface area contributed by atoms with Gasteiger partial charge in [0.05, 0.1) is 11.3 Å². The van der Waals surface area contributed by atoms with E-state index in [-0.39, 0.29) is 0 Å². The Bertz CT molecular complexity index is 799. The quantitative estimate of drug-likeness (QED) is 0.823. The van der Waals surface area contributed by atoms with Crippen molar-refractivity contribution >= 4 is 11.7 Å². The molecule has 26 heavy (non-hydrogen) atoms. The van der Waals surface area contributed by atoms with Gasteiger partial charge < -0.3 is 9.80 Å². The molecule has 0 aromatic carbocycles. The lowest BCUT2D eigenvalue weighted by Gasteiger charge is -2.39. The first kappa shape index (κ1) is 16.1. The van der Waals surface area contributed by atoms with Gasteiger partial charge in [-0.25, -0.2) is 4.98 Å². The van der Waals surface area contributed by atoms with Gasteiger partial charge in [-0.05, 0) is 68.4 Å². The predicted molar refractivity (Wildman–Crippen MR) is 98.5 cm³/mol. The summed E-state index contributed by atoms with van der Waals surface area (Å²) in [6, 6.07) is 6.05. The monoisotopic (exact) mass is 350 g/mol. The number of carbonyl (C=O) groups is 1. The molecular formula is C21H26N4O. The fraction of sp³-hybridized carbons (Fsp3) is 0.667. The van der Waals surface area contributed by atoms with Gasteiger partial charge in [-0.3, -0.25) is 4.79 Å². The number of carbonyl (C=O) groups excluding carboxylic acids is 1. The van der Waals surface area contributed by atoms with Crippen LogP contribution >= 0.6 is 0 Å². The standard InChI is InChI=1S/C21H26N4O/c1-15-16(13-22)2-3-18(23-15)25-11-8-20(14-25)6-9-24(10-7-20)19(26)17-12-21(17)4-5-21/h2-3,17H,4-12,14H2,1H3. The number of aryl methyl sites for hydroxylation is 1. The van der Waals surface area contributed by atoms with Crippen LogP contribution in [0.1, 0.15) is 49.8 Å². The van der Waals surface area contributed by atoms with Crippen molar-refractivity contribution in [2.75, 3.05) is 31.1 Å². The number of anilines is 1. The zero-order valence-corrected chi connectivity index (χ0v) is 15.5. The van der Waals surface area contributed by atoms with Gasteiger partial charge in [-0.15, -0.1) is 0 Å². The highest BCUT2D eigenvalue weighted by molar-refractivity contribution is 5.83. The number of nitriles is 1. The second-order valence-corrected chi connectivity index (χ2v) is 9.03. The lowest BCUT2D eigenvalue weighted by Crippen LogP contribution is -2.45. The molecular weight excluding hydrogens is 324 g/mol. The van der Waals surface area contributed by atoms with E-state index in [9.17, 15) is 4.79 Å². The fourth-order valence-corrected chi connectivity index (χ4v) is 5.21. The normalized spacial score (nSPS) is 27.6. The first-order valence-corrected chi connectivity index (χ1v) is 9.96. The maximum absolute atomic E-state index is 12.7. The molecule has 2 saturated carbocycles. The molecule has 1 atom stereocenters.